The van der Waals surface area contributed by atoms with Gasteiger partial charge in [-0.05, 0) is 60.7 Å². The first-order valence-electron chi connectivity index (χ1n) is 12.7. The number of alkyl halides is 2. The van der Waals surface area contributed by atoms with Crippen molar-refractivity contribution in [2.24, 2.45) is 0 Å². The third-order valence-electron chi connectivity index (χ3n) is 6.40. The fraction of sp³-hybridized carbons (Fsp3) is 0.345. The molecule has 1 saturated heterocycles. The molecule has 41 heavy (non-hydrogen) atoms. The number of nitrogens with zero attached hydrogens (tertiary/aromatic N) is 1. The van der Waals surface area contributed by atoms with Crippen LogP contribution in [0.1, 0.15) is 34.0 Å². The van der Waals surface area contributed by atoms with Gasteiger partial charge in [-0.15, -0.1) is 0 Å². The molecule has 0 saturated carbocycles. The molecule has 0 aliphatic carbocycles. The van der Waals surface area contributed by atoms with Crippen LogP contribution in [0.4, 0.5) is 13.6 Å². The average molecular weight is 568 g/mol. The van der Waals surface area contributed by atoms with Crippen molar-refractivity contribution in [1.29, 1.82) is 0 Å². The van der Waals surface area contributed by atoms with E-state index in [0.29, 0.717) is 5.56 Å². The summed E-state index contributed by atoms with van der Waals surface area (Å²) in [7, 11) is 1.20. The van der Waals surface area contributed by atoms with Crippen molar-refractivity contribution in [1.82, 2.24) is 26.3 Å². The number of hydrogen-bond acceptors (Lipinski definition) is 6. The van der Waals surface area contributed by atoms with Crippen LogP contribution < -0.4 is 21.4 Å². The van der Waals surface area contributed by atoms with Crippen molar-refractivity contribution >= 4 is 17.8 Å². The Morgan fingerprint density at radius 2 is 1.56 bits per heavy atom. The predicted octanol–water partition coefficient (Wildman–Crippen LogP) is 1.48. The molecular weight excluding hydrogens is 536 g/mol. The molecule has 1 unspecified atom stereocenters. The van der Waals surface area contributed by atoms with E-state index in [-0.39, 0.29) is 5.56 Å². The molecule has 1 aliphatic rings. The number of urea groups is 1. The van der Waals surface area contributed by atoms with Crippen LogP contribution >= 0.6 is 0 Å². The minimum Gasteiger partial charge on any atom is -0.379 e. The second kappa shape index (κ2) is 14.8. The standard InChI is InChI=1S/C29H31F2N5O5/c1-29(27(30)31,34-28(39)32-2)24(26(38)35-40)33-25(37)23-13-11-21(12-14-23)6-4-3-5-20-7-9-22(10-8-20)19-36-15-17-41-18-16-36/h7-14,24,27,40H,15-19H2,1-2H3,(H,33,37)(H,35,38)(H2,32,34,39)/t24-,29?/m1/s1. The second-order valence-corrected chi connectivity index (χ2v) is 9.33. The first-order valence-corrected chi connectivity index (χ1v) is 12.7. The zero-order valence-electron chi connectivity index (χ0n) is 22.6. The van der Waals surface area contributed by atoms with E-state index in [0.717, 1.165) is 45.3 Å². The Labute approximate surface area is 236 Å². The van der Waals surface area contributed by atoms with E-state index >= 15 is 0 Å². The molecule has 2 aromatic carbocycles. The highest BCUT2D eigenvalue weighted by Gasteiger charge is 2.48. The number of carbonyl (C=O) groups is 3. The number of morpholine rings is 1. The first-order chi connectivity index (χ1) is 19.7. The number of amides is 4. The van der Waals surface area contributed by atoms with Crippen LogP contribution in [0.5, 0.6) is 0 Å². The fourth-order valence-corrected chi connectivity index (χ4v) is 3.95. The summed E-state index contributed by atoms with van der Waals surface area (Å²) in [5.74, 6) is 9.14. The number of benzene rings is 2. The second-order valence-electron chi connectivity index (χ2n) is 9.33. The van der Waals surface area contributed by atoms with Gasteiger partial charge >= 0.3 is 6.03 Å². The van der Waals surface area contributed by atoms with Crippen LogP contribution in [0.3, 0.4) is 0 Å². The van der Waals surface area contributed by atoms with Crippen molar-refractivity contribution < 1.29 is 33.1 Å². The van der Waals surface area contributed by atoms with E-state index in [4.69, 9.17) is 9.94 Å². The Kier molecular flexibility index (Phi) is 11.2. The van der Waals surface area contributed by atoms with Gasteiger partial charge in [0.1, 0.15) is 11.6 Å². The normalized spacial score (nSPS) is 15.2. The van der Waals surface area contributed by atoms with E-state index < -0.39 is 35.9 Å². The maximum atomic E-state index is 13.9. The van der Waals surface area contributed by atoms with Crippen molar-refractivity contribution in [3.8, 4) is 23.7 Å². The number of carbonyl (C=O) groups excluding carboxylic acids is 3. The Morgan fingerprint density at radius 3 is 2.07 bits per heavy atom. The third-order valence-corrected chi connectivity index (χ3v) is 6.40. The van der Waals surface area contributed by atoms with Gasteiger partial charge in [-0.3, -0.25) is 19.7 Å². The Balaban J connectivity index is 1.63. The number of nitrogens with one attached hydrogen (secondary N) is 4. The SMILES string of the molecule is CNC(=O)NC(C)(C(F)F)[C@H](NC(=O)c1ccc(C#CC#Cc2ccc(CN3CCOCC3)cc2)cc1)C(=O)NO. The van der Waals surface area contributed by atoms with Crippen LogP contribution in [0.25, 0.3) is 0 Å². The molecule has 0 radical (unpaired) electrons. The summed E-state index contributed by atoms with van der Waals surface area (Å²) in [5.41, 5.74) is 1.29. The Hall–Kier alpha value is -4.49. The van der Waals surface area contributed by atoms with Gasteiger partial charge in [-0.2, -0.15) is 0 Å². The van der Waals surface area contributed by atoms with Crippen molar-refractivity contribution in [2.75, 3.05) is 33.4 Å². The molecule has 1 fully saturated rings. The minimum absolute atomic E-state index is 0.0334. The highest BCUT2D eigenvalue weighted by Crippen LogP contribution is 2.21. The Morgan fingerprint density at radius 1 is 1.00 bits per heavy atom. The molecule has 2 atom stereocenters. The zero-order valence-corrected chi connectivity index (χ0v) is 22.6. The van der Waals surface area contributed by atoms with Crippen LogP contribution in [-0.2, 0) is 16.1 Å². The lowest BCUT2D eigenvalue weighted by Gasteiger charge is -2.36. The van der Waals surface area contributed by atoms with Crippen LogP contribution in [0.2, 0.25) is 0 Å². The lowest BCUT2D eigenvalue weighted by molar-refractivity contribution is -0.135. The monoisotopic (exact) mass is 567 g/mol. The molecule has 2 aromatic rings. The highest BCUT2D eigenvalue weighted by atomic mass is 19.3. The summed E-state index contributed by atoms with van der Waals surface area (Å²) in [4.78, 5) is 39.0. The smallest absolute Gasteiger partial charge is 0.315 e. The molecule has 0 aromatic heterocycles. The summed E-state index contributed by atoms with van der Waals surface area (Å²) in [6.45, 7) is 5.06. The van der Waals surface area contributed by atoms with Crippen LogP contribution in [0.15, 0.2) is 48.5 Å². The summed E-state index contributed by atoms with van der Waals surface area (Å²) < 4.78 is 33.2. The van der Waals surface area contributed by atoms with Crippen molar-refractivity contribution in [3.63, 3.8) is 0 Å². The van der Waals surface area contributed by atoms with E-state index in [9.17, 15) is 23.2 Å². The topological polar surface area (TPSA) is 132 Å². The number of hydroxylamine groups is 1. The lowest BCUT2D eigenvalue weighted by atomic mass is 9.91. The van der Waals surface area contributed by atoms with Gasteiger partial charge in [0.2, 0.25) is 0 Å². The third kappa shape index (κ3) is 8.75. The summed E-state index contributed by atoms with van der Waals surface area (Å²) >= 11 is 0. The van der Waals surface area contributed by atoms with Gasteiger partial charge in [0.25, 0.3) is 18.2 Å². The fourth-order valence-electron chi connectivity index (χ4n) is 3.95. The van der Waals surface area contributed by atoms with Crippen molar-refractivity contribution in [3.05, 3.63) is 70.8 Å². The molecule has 1 heterocycles. The largest absolute Gasteiger partial charge is 0.379 e. The van der Waals surface area contributed by atoms with E-state index in [2.05, 4.69) is 39.2 Å². The zero-order chi connectivity index (χ0) is 29.8. The van der Waals surface area contributed by atoms with Crippen molar-refractivity contribution in [2.45, 2.75) is 31.5 Å². The Bertz CT molecular complexity index is 1340. The number of rotatable bonds is 8. The number of ether oxygens (including phenoxy) is 1. The van der Waals surface area contributed by atoms with Crippen LogP contribution in [-0.4, -0.2) is 79.3 Å². The maximum Gasteiger partial charge on any atom is 0.315 e. The molecule has 0 spiro atoms. The molecule has 4 amide bonds. The van der Waals surface area contributed by atoms with Gasteiger partial charge in [-0.25, -0.2) is 19.1 Å². The van der Waals surface area contributed by atoms with E-state index in [1.54, 1.807) is 0 Å². The quantitative estimate of drug-likeness (QED) is 0.187. The first kappa shape index (κ1) is 31.0. The molecule has 12 heteroatoms. The molecule has 216 valence electrons. The van der Waals surface area contributed by atoms with Gasteiger partial charge in [-0.1, -0.05) is 24.0 Å². The molecule has 3 rings (SSSR count). The van der Waals surface area contributed by atoms with Gasteiger partial charge in [0.05, 0.1) is 13.2 Å². The molecule has 5 N–H and O–H groups in total. The minimum atomic E-state index is -3.28. The summed E-state index contributed by atoms with van der Waals surface area (Å²) in [6, 6.07) is 10.7. The molecule has 10 nitrogen and oxygen atoms in total. The van der Waals surface area contributed by atoms with E-state index in [1.165, 1.54) is 42.4 Å². The number of hydrogen-bond donors (Lipinski definition) is 5. The van der Waals surface area contributed by atoms with Gasteiger partial charge in [0.15, 0.2) is 0 Å². The predicted molar refractivity (Wildman–Crippen MR) is 146 cm³/mol. The molecular formula is C29H31F2N5O5. The average Bonchev–Trinajstić information content (AvgIpc) is 2.99. The lowest BCUT2D eigenvalue weighted by Crippen LogP contribution is -2.69. The van der Waals surface area contributed by atoms with Gasteiger partial charge in [0, 0.05) is 43.4 Å². The molecule has 1 aliphatic heterocycles. The maximum absolute atomic E-state index is 13.9. The molecule has 0 bridgehead atoms. The van der Waals surface area contributed by atoms with Gasteiger partial charge < -0.3 is 20.7 Å². The summed E-state index contributed by atoms with van der Waals surface area (Å²) in [5, 5.41) is 15.3. The summed E-state index contributed by atoms with van der Waals surface area (Å²) in [6.07, 6.45) is -3.28. The van der Waals surface area contributed by atoms with E-state index in [1.807, 2.05) is 29.6 Å². The van der Waals surface area contributed by atoms with Crippen LogP contribution in [0, 0.1) is 23.7 Å². The number of halogens is 2. The highest BCUT2D eigenvalue weighted by molar-refractivity contribution is 5.98.